The van der Waals surface area contributed by atoms with E-state index in [0.29, 0.717) is 5.56 Å². The van der Waals surface area contributed by atoms with Gasteiger partial charge in [-0.2, -0.15) is 0 Å². The van der Waals surface area contributed by atoms with Crippen molar-refractivity contribution in [2.24, 2.45) is 0 Å². The van der Waals surface area contributed by atoms with E-state index in [1.165, 1.54) is 30.3 Å². The second kappa shape index (κ2) is 8.61. The van der Waals surface area contributed by atoms with Gasteiger partial charge in [-0.3, -0.25) is 14.9 Å². The van der Waals surface area contributed by atoms with Crippen molar-refractivity contribution in [3.8, 4) is 11.5 Å². The number of nitrogens with one attached hydrogen (secondary N) is 1. The number of halogens is 1. The van der Waals surface area contributed by atoms with Crippen LogP contribution in [-0.2, 0) is 11.3 Å². The minimum atomic E-state index is -0.515. The number of amides is 1. The van der Waals surface area contributed by atoms with E-state index in [1.807, 2.05) is 0 Å². The summed E-state index contributed by atoms with van der Waals surface area (Å²) in [4.78, 5) is 22.6. The molecule has 0 aliphatic carbocycles. The molecular weight excluding hydrogens is 387 g/mol. The SMILES string of the molecule is C[C@H](Sc1nnc(-c2cccc([N+](=O)[O-])c2)o1)C(=O)NCc1ccc(F)cc1. The fourth-order valence-corrected chi connectivity index (χ4v) is 2.97. The predicted molar refractivity (Wildman–Crippen MR) is 100.0 cm³/mol. The molecule has 1 heterocycles. The van der Waals surface area contributed by atoms with Gasteiger partial charge in [-0.25, -0.2) is 4.39 Å². The largest absolute Gasteiger partial charge is 0.411 e. The van der Waals surface area contributed by atoms with Crippen LogP contribution in [-0.4, -0.2) is 26.3 Å². The van der Waals surface area contributed by atoms with Crippen LogP contribution in [0.2, 0.25) is 0 Å². The Morgan fingerprint density at radius 3 is 2.75 bits per heavy atom. The summed E-state index contributed by atoms with van der Waals surface area (Å²) in [5.41, 5.74) is 1.11. The molecule has 1 amide bonds. The van der Waals surface area contributed by atoms with Gasteiger partial charge in [0.2, 0.25) is 11.8 Å². The van der Waals surface area contributed by atoms with E-state index in [-0.39, 0.29) is 35.1 Å². The van der Waals surface area contributed by atoms with E-state index < -0.39 is 10.2 Å². The molecule has 0 spiro atoms. The van der Waals surface area contributed by atoms with Crippen molar-refractivity contribution in [1.82, 2.24) is 15.5 Å². The number of rotatable bonds is 7. The van der Waals surface area contributed by atoms with Crippen molar-refractivity contribution in [2.45, 2.75) is 23.9 Å². The number of thioether (sulfide) groups is 1. The molecule has 0 bridgehead atoms. The molecule has 0 saturated carbocycles. The van der Waals surface area contributed by atoms with Gasteiger partial charge in [0.15, 0.2) is 0 Å². The van der Waals surface area contributed by atoms with Crippen molar-refractivity contribution < 1.29 is 18.5 Å². The highest BCUT2D eigenvalue weighted by Gasteiger charge is 2.19. The Balaban J connectivity index is 1.59. The molecule has 3 rings (SSSR count). The summed E-state index contributed by atoms with van der Waals surface area (Å²) in [5, 5.41) is 21.0. The number of carbonyl (C=O) groups is 1. The van der Waals surface area contributed by atoms with E-state index in [1.54, 1.807) is 25.1 Å². The first kappa shape index (κ1) is 19.5. The number of hydrogen-bond donors (Lipinski definition) is 1. The van der Waals surface area contributed by atoms with Crippen molar-refractivity contribution >= 4 is 23.4 Å². The summed E-state index contributed by atoms with van der Waals surface area (Å²) in [6.45, 7) is 1.95. The zero-order valence-electron chi connectivity index (χ0n) is 14.7. The van der Waals surface area contributed by atoms with Crippen molar-refractivity contribution in [3.63, 3.8) is 0 Å². The molecular formula is C18H15FN4O4S. The Morgan fingerprint density at radius 2 is 2.04 bits per heavy atom. The number of non-ortho nitro benzene ring substituents is 1. The summed E-state index contributed by atoms with van der Waals surface area (Å²) in [6, 6.07) is 11.7. The maximum Gasteiger partial charge on any atom is 0.277 e. The number of aromatic nitrogens is 2. The molecule has 0 unspecified atom stereocenters. The van der Waals surface area contributed by atoms with Crippen molar-refractivity contribution in [2.75, 3.05) is 0 Å². The zero-order chi connectivity index (χ0) is 20.1. The maximum absolute atomic E-state index is 12.9. The van der Waals surface area contributed by atoms with Crippen LogP contribution in [0, 0.1) is 15.9 Å². The average molecular weight is 402 g/mol. The quantitative estimate of drug-likeness (QED) is 0.365. The van der Waals surface area contributed by atoms with Gasteiger partial charge in [-0.05, 0) is 30.7 Å². The minimum Gasteiger partial charge on any atom is -0.411 e. The van der Waals surface area contributed by atoms with Gasteiger partial charge in [-0.15, -0.1) is 10.2 Å². The van der Waals surface area contributed by atoms with Gasteiger partial charge in [0.05, 0.1) is 10.2 Å². The molecule has 28 heavy (non-hydrogen) atoms. The summed E-state index contributed by atoms with van der Waals surface area (Å²) in [7, 11) is 0. The van der Waals surface area contributed by atoms with Gasteiger partial charge in [0.1, 0.15) is 5.82 Å². The maximum atomic E-state index is 12.9. The third-order valence-electron chi connectivity index (χ3n) is 3.74. The van der Waals surface area contributed by atoms with Crippen LogP contribution in [0.15, 0.2) is 58.2 Å². The van der Waals surface area contributed by atoms with Crippen LogP contribution in [0.5, 0.6) is 0 Å². The van der Waals surface area contributed by atoms with E-state index in [0.717, 1.165) is 17.3 Å². The van der Waals surface area contributed by atoms with Crippen LogP contribution >= 0.6 is 11.8 Å². The Bertz CT molecular complexity index is 993. The van der Waals surface area contributed by atoms with Crippen LogP contribution in [0.4, 0.5) is 10.1 Å². The standard InChI is InChI=1S/C18H15FN4O4S/c1-11(16(24)20-10-12-5-7-14(19)8-6-12)28-18-22-21-17(27-18)13-3-2-4-15(9-13)23(25)26/h2-9,11H,10H2,1H3,(H,20,24)/t11-/m0/s1. The van der Waals surface area contributed by atoms with E-state index in [4.69, 9.17) is 4.42 Å². The highest BCUT2D eigenvalue weighted by atomic mass is 32.2. The Labute approximate surface area is 163 Å². The summed E-state index contributed by atoms with van der Waals surface area (Å²) >= 11 is 1.07. The molecule has 0 aliphatic heterocycles. The average Bonchev–Trinajstić information content (AvgIpc) is 3.16. The third kappa shape index (κ3) is 4.92. The molecule has 8 nitrogen and oxygen atoms in total. The first-order valence-electron chi connectivity index (χ1n) is 8.19. The molecule has 1 atom stereocenters. The normalized spacial score (nSPS) is 11.8. The number of hydrogen-bond acceptors (Lipinski definition) is 7. The first-order chi connectivity index (χ1) is 13.4. The topological polar surface area (TPSA) is 111 Å². The van der Waals surface area contributed by atoms with E-state index in [2.05, 4.69) is 15.5 Å². The fraction of sp³-hybridized carbons (Fsp3) is 0.167. The summed E-state index contributed by atoms with van der Waals surface area (Å²) in [6.07, 6.45) is 0. The second-order valence-corrected chi connectivity index (χ2v) is 7.08. The lowest BCUT2D eigenvalue weighted by atomic mass is 10.2. The number of carbonyl (C=O) groups excluding carboxylic acids is 1. The molecule has 10 heteroatoms. The number of nitro groups is 1. The van der Waals surface area contributed by atoms with Gasteiger partial charge in [0, 0.05) is 24.2 Å². The number of nitro benzene ring substituents is 1. The van der Waals surface area contributed by atoms with Gasteiger partial charge < -0.3 is 9.73 Å². The molecule has 144 valence electrons. The Kier molecular flexibility index (Phi) is 5.99. The van der Waals surface area contributed by atoms with E-state index >= 15 is 0 Å². The van der Waals surface area contributed by atoms with Crippen LogP contribution in [0.25, 0.3) is 11.5 Å². The summed E-state index contributed by atoms with van der Waals surface area (Å²) in [5.74, 6) is -0.454. The van der Waals surface area contributed by atoms with E-state index in [9.17, 15) is 19.3 Å². The molecule has 0 saturated heterocycles. The smallest absolute Gasteiger partial charge is 0.277 e. The lowest BCUT2D eigenvalue weighted by Crippen LogP contribution is -2.30. The lowest BCUT2D eigenvalue weighted by molar-refractivity contribution is -0.384. The molecule has 1 N–H and O–H groups in total. The lowest BCUT2D eigenvalue weighted by Gasteiger charge is -2.09. The van der Waals surface area contributed by atoms with Gasteiger partial charge in [-0.1, -0.05) is 30.0 Å². The molecule has 0 radical (unpaired) electrons. The highest BCUT2D eigenvalue weighted by molar-refractivity contribution is 8.00. The molecule has 2 aromatic carbocycles. The second-order valence-electron chi connectivity index (χ2n) is 5.78. The molecule has 3 aromatic rings. The van der Waals surface area contributed by atoms with Crippen molar-refractivity contribution in [1.29, 1.82) is 0 Å². The van der Waals surface area contributed by atoms with Crippen molar-refractivity contribution in [3.05, 3.63) is 70.0 Å². The molecule has 0 aliphatic rings. The predicted octanol–water partition coefficient (Wildman–Crippen LogP) is 3.58. The van der Waals surface area contributed by atoms with Gasteiger partial charge in [0.25, 0.3) is 10.9 Å². The molecule has 1 aromatic heterocycles. The fourth-order valence-electron chi connectivity index (χ4n) is 2.27. The number of benzene rings is 2. The third-order valence-corrected chi connectivity index (χ3v) is 4.67. The Hall–Kier alpha value is -3.27. The van der Waals surface area contributed by atoms with Crippen LogP contribution < -0.4 is 5.32 Å². The Morgan fingerprint density at radius 1 is 1.29 bits per heavy atom. The monoisotopic (exact) mass is 402 g/mol. The van der Waals surface area contributed by atoms with Gasteiger partial charge >= 0.3 is 0 Å². The molecule has 0 fully saturated rings. The minimum absolute atomic E-state index is 0.0848. The first-order valence-corrected chi connectivity index (χ1v) is 9.07. The van der Waals surface area contributed by atoms with Crippen LogP contribution in [0.1, 0.15) is 12.5 Å². The van der Waals surface area contributed by atoms with Crippen LogP contribution in [0.3, 0.4) is 0 Å². The highest BCUT2D eigenvalue weighted by Crippen LogP contribution is 2.27. The number of nitrogens with zero attached hydrogens (tertiary/aromatic N) is 3. The summed E-state index contributed by atoms with van der Waals surface area (Å²) < 4.78 is 18.4. The zero-order valence-corrected chi connectivity index (χ0v) is 15.5.